The van der Waals surface area contributed by atoms with E-state index in [1.54, 1.807) is 36.4 Å². The Hall–Kier alpha value is -4.62. The molecule has 0 radical (unpaired) electrons. The number of fused-ring (bicyclic) bond motifs is 3. The minimum Gasteiger partial charge on any atom is -0.392 e. The van der Waals surface area contributed by atoms with Crippen LogP contribution >= 0.6 is 0 Å². The third-order valence-electron chi connectivity index (χ3n) is 9.84. The van der Waals surface area contributed by atoms with Gasteiger partial charge in [-0.2, -0.15) is 0 Å². The third kappa shape index (κ3) is 5.17. The van der Waals surface area contributed by atoms with Crippen molar-refractivity contribution in [3.05, 3.63) is 105 Å². The fourth-order valence-corrected chi connectivity index (χ4v) is 7.27. The van der Waals surface area contributed by atoms with Gasteiger partial charge in [0.05, 0.1) is 25.9 Å². The minimum absolute atomic E-state index is 0.173. The summed E-state index contributed by atoms with van der Waals surface area (Å²) in [5.41, 5.74) is 5.03. The molecule has 5 aromatic rings. The number of piperazine rings is 1. The van der Waals surface area contributed by atoms with E-state index < -0.39 is 0 Å². The van der Waals surface area contributed by atoms with E-state index in [9.17, 15) is 14.7 Å². The number of anilines is 2. The summed E-state index contributed by atoms with van der Waals surface area (Å²) in [6.45, 7) is 4.32. The fraction of sp³-hybridized carbons (Fsp3) is 0.371. The maximum absolute atomic E-state index is 13.9. The van der Waals surface area contributed by atoms with Crippen LogP contribution in [-0.2, 0) is 31.2 Å². The Morgan fingerprint density at radius 3 is 2.53 bits per heavy atom. The molecule has 0 aromatic carbocycles. The van der Waals surface area contributed by atoms with E-state index >= 15 is 0 Å². The van der Waals surface area contributed by atoms with Crippen molar-refractivity contribution in [3.63, 3.8) is 0 Å². The normalized spacial score (nSPS) is 17.5. The molecule has 0 bridgehead atoms. The molecule has 12 heteroatoms. The van der Waals surface area contributed by atoms with Gasteiger partial charge < -0.3 is 18.8 Å². The first-order valence-corrected chi connectivity index (χ1v) is 16.3. The van der Waals surface area contributed by atoms with Crippen molar-refractivity contribution in [3.8, 4) is 16.9 Å². The van der Waals surface area contributed by atoms with Crippen LogP contribution in [0.2, 0.25) is 0 Å². The van der Waals surface area contributed by atoms with Crippen LogP contribution in [0, 0.1) is 0 Å². The first kappa shape index (κ1) is 29.8. The monoisotopic (exact) mass is 634 g/mol. The van der Waals surface area contributed by atoms with Gasteiger partial charge in [0, 0.05) is 81.0 Å². The van der Waals surface area contributed by atoms with Crippen molar-refractivity contribution in [2.45, 2.75) is 38.3 Å². The Bertz CT molecular complexity index is 2060. The predicted molar refractivity (Wildman–Crippen MR) is 178 cm³/mol. The highest BCUT2D eigenvalue weighted by Crippen LogP contribution is 2.32. The van der Waals surface area contributed by atoms with Gasteiger partial charge in [-0.25, -0.2) is 15.0 Å². The molecule has 0 spiro atoms. The summed E-state index contributed by atoms with van der Waals surface area (Å²) in [5.74, 6) is 1.01. The second-order valence-electron chi connectivity index (χ2n) is 12.6. The molecular formula is C35H38N8O4. The average Bonchev–Trinajstić information content (AvgIpc) is 3.47. The van der Waals surface area contributed by atoms with Crippen molar-refractivity contribution < 1.29 is 9.84 Å². The second-order valence-corrected chi connectivity index (χ2v) is 12.6. The molecule has 5 aromatic heterocycles. The Morgan fingerprint density at radius 1 is 0.957 bits per heavy atom. The predicted octanol–water partition coefficient (Wildman–Crippen LogP) is 2.69. The van der Waals surface area contributed by atoms with Crippen molar-refractivity contribution in [2.75, 3.05) is 44.4 Å². The lowest BCUT2D eigenvalue weighted by molar-refractivity contribution is -0.0769. The van der Waals surface area contributed by atoms with Gasteiger partial charge in [-0.15, -0.1) is 0 Å². The maximum atomic E-state index is 13.9. The molecule has 2 fully saturated rings. The van der Waals surface area contributed by atoms with Crippen LogP contribution in [0.4, 0.5) is 11.5 Å². The van der Waals surface area contributed by atoms with Crippen LogP contribution in [0.1, 0.15) is 29.7 Å². The first-order chi connectivity index (χ1) is 23.0. The lowest BCUT2D eigenvalue weighted by atomic mass is 9.98. The molecule has 242 valence electrons. The average molecular weight is 635 g/mol. The van der Waals surface area contributed by atoms with Crippen LogP contribution in [-0.4, -0.2) is 84.0 Å². The van der Waals surface area contributed by atoms with Gasteiger partial charge in [0.2, 0.25) is 0 Å². The molecule has 12 nitrogen and oxygen atoms in total. The smallest absolute Gasteiger partial charge is 0.280 e. The van der Waals surface area contributed by atoms with Crippen LogP contribution in [0.25, 0.3) is 22.5 Å². The van der Waals surface area contributed by atoms with Crippen LogP contribution < -0.4 is 16.1 Å². The number of hydrogen-bond donors (Lipinski definition) is 1. The number of pyridine rings is 3. The zero-order chi connectivity index (χ0) is 32.1. The molecule has 3 aliphatic rings. The highest BCUT2D eigenvalue weighted by molar-refractivity contribution is 5.74. The summed E-state index contributed by atoms with van der Waals surface area (Å²) in [7, 11) is 1.73. The standard InChI is InChI=1S/C35H38N8O4/c1-38-20-25(19-31(34(38)45)43(32-8-4-5-10-36-32)40-14-12-39(13-15-40)26-22-47-23-26)27-9-11-37-33(28(27)21-44)42-17-16-41-29-7-3-2-6-24(29)18-30(41)35(42)46/h4-5,8-11,16-20,26,44H,2-3,6-7,12-15,21-23H2,1H3. The van der Waals surface area contributed by atoms with Gasteiger partial charge in [-0.1, -0.05) is 6.07 Å². The number of hydrogen-bond acceptors (Lipinski definition) is 9. The highest BCUT2D eigenvalue weighted by Gasteiger charge is 2.32. The van der Waals surface area contributed by atoms with E-state index in [0.717, 1.165) is 65.1 Å². The van der Waals surface area contributed by atoms with Gasteiger partial charge in [-0.3, -0.25) is 24.1 Å². The Labute approximate surface area is 271 Å². The Morgan fingerprint density at radius 2 is 1.79 bits per heavy atom. The molecule has 0 amide bonds. The topological polar surface area (TPSA) is 113 Å². The van der Waals surface area contributed by atoms with Crippen molar-refractivity contribution >= 4 is 17.0 Å². The van der Waals surface area contributed by atoms with Crippen LogP contribution in [0.5, 0.6) is 0 Å². The summed E-state index contributed by atoms with van der Waals surface area (Å²) in [6, 6.07) is 11.8. The number of aromatic nitrogens is 5. The number of aryl methyl sites for hydroxylation is 3. The molecule has 1 N–H and O–H groups in total. The van der Waals surface area contributed by atoms with Gasteiger partial charge in [0.15, 0.2) is 0 Å². The molecule has 2 aliphatic heterocycles. The quantitative estimate of drug-likeness (QED) is 0.289. The summed E-state index contributed by atoms with van der Waals surface area (Å²) in [5, 5.41) is 14.9. The zero-order valence-electron chi connectivity index (χ0n) is 26.5. The SMILES string of the molecule is Cn1cc(-c2ccnc(-n3ccn4c5c(cc4c3=O)CCCC5)c2CO)cc(N(c2ccccn2)N2CCN(C3COC3)CC2)c1=O. The number of aliphatic hydroxyl groups excluding tert-OH is 1. The number of hydrazine groups is 1. The van der Waals surface area contributed by atoms with E-state index in [1.165, 1.54) is 15.8 Å². The van der Waals surface area contributed by atoms with Gasteiger partial charge in [0.1, 0.15) is 22.8 Å². The summed E-state index contributed by atoms with van der Waals surface area (Å²) < 4.78 is 10.5. The van der Waals surface area contributed by atoms with E-state index in [1.807, 2.05) is 52.0 Å². The number of aliphatic hydroxyl groups is 1. The molecule has 8 rings (SSSR count). The maximum Gasteiger partial charge on any atom is 0.280 e. The van der Waals surface area contributed by atoms with Crippen molar-refractivity contribution in [2.24, 2.45) is 7.05 Å². The summed E-state index contributed by atoms with van der Waals surface area (Å²) in [6.07, 6.45) is 13.0. The van der Waals surface area contributed by atoms with E-state index in [4.69, 9.17) is 4.74 Å². The zero-order valence-corrected chi connectivity index (χ0v) is 26.5. The number of rotatable bonds is 7. The molecule has 0 atom stereocenters. The number of ether oxygens (including phenoxy) is 1. The molecule has 47 heavy (non-hydrogen) atoms. The number of nitrogens with zero attached hydrogens (tertiary/aromatic N) is 8. The summed E-state index contributed by atoms with van der Waals surface area (Å²) in [4.78, 5) is 39.4. The molecule has 1 aliphatic carbocycles. The molecular weight excluding hydrogens is 596 g/mol. The Kier molecular flexibility index (Phi) is 7.72. The minimum atomic E-state index is -0.345. The summed E-state index contributed by atoms with van der Waals surface area (Å²) >= 11 is 0. The first-order valence-electron chi connectivity index (χ1n) is 16.3. The molecule has 2 saturated heterocycles. The Balaban J connectivity index is 1.21. The van der Waals surface area contributed by atoms with E-state index in [2.05, 4.69) is 19.9 Å². The lowest BCUT2D eigenvalue weighted by Crippen LogP contribution is -2.59. The van der Waals surface area contributed by atoms with Crippen LogP contribution in [0.15, 0.2) is 77.0 Å². The molecule has 0 unspecified atom stereocenters. The van der Waals surface area contributed by atoms with Gasteiger partial charge >= 0.3 is 0 Å². The fourth-order valence-electron chi connectivity index (χ4n) is 7.27. The van der Waals surface area contributed by atoms with Crippen molar-refractivity contribution in [1.29, 1.82) is 0 Å². The largest absolute Gasteiger partial charge is 0.392 e. The molecule has 7 heterocycles. The van der Waals surface area contributed by atoms with Gasteiger partial charge in [-0.05, 0) is 67.1 Å². The van der Waals surface area contributed by atoms with Gasteiger partial charge in [0.25, 0.3) is 11.1 Å². The van der Waals surface area contributed by atoms with E-state index in [0.29, 0.717) is 45.6 Å². The highest BCUT2D eigenvalue weighted by atomic mass is 16.5. The third-order valence-corrected chi connectivity index (χ3v) is 9.84. The molecule has 0 saturated carbocycles. The second kappa shape index (κ2) is 12.2. The van der Waals surface area contributed by atoms with E-state index in [-0.39, 0.29) is 17.7 Å². The lowest BCUT2D eigenvalue weighted by Gasteiger charge is -2.45. The van der Waals surface area contributed by atoms with Crippen molar-refractivity contribution in [1.82, 2.24) is 33.4 Å². The van der Waals surface area contributed by atoms with Crippen LogP contribution in [0.3, 0.4) is 0 Å².